The van der Waals surface area contributed by atoms with Gasteiger partial charge in [-0.1, -0.05) is 23.7 Å². The molecule has 10 heteroatoms. The van der Waals surface area contributed by atoms with Crippen molar-refractivity contribution >= 4 is 40.6 Å². The van der Waals surface area contributed by atoms with E-state index in [1.165, 1.54) is 18.2 Å². The van der Waals surface area contributed by atoms with Crippen molar-refractivity contribution in [2.75, 3.05) is 36.5 Å². The zero-order chi connectivity index (χ0) is 24.1. The van der Waals surface area contributed by atoms with E-state index in [-0.39, 0.29) is 17.0 Å². The first-order valence-electron chi connectivity index (χ1n) is 10.3. The predicted octanol–water partition coefficient (Wildman–Crippen LogP) is 4.89. The largest absolute Gasteiger partial charge is 0.457 e. The van der Waals surface area contributed by atoms with Crippen LogP contribution in [0.25, 0.3) is 17.4 Å². The van der Waals surface area contributed by atoms with Crippen LogP contribution in [0.5, 0.6) is 0 Å². The van der Waals surface area contributed by atoms with Crippen LogP contribution in [0.4, 0.5) is 17.1 Å². The number of nitrogens with one attached hydrogen (secondary N) is 1. The zero-order valence-corrected chi connectivity index (χ0v) is 18.6. The summed E-state index contributed by atoms with van der Waals surface area (Å²) in [6, 6.07) is 16.3. The number of nitrogens with zero attached hydrogens (tertiary/aromatic N) is 3. The Balaban J connectivity index is 1.56. The molecule has 0 aliphatic carbocycles. The SMILES string of the molecule is N#C/C(=C\c1ccc(-c2cccc([N+](=O)[O-])c2)o1)C(=O)Nc1cc(Cl)ccc1N1CCOCC1. The van der Waals surface area contributed by atoms with E-state index < -0.39 is 10.8 Å². The summed E-state index contributed by atoms with van der Waals surface area (Å²) in [4.78, 5) is 25.5. The number of carbonyl (C=O) groups excluding carboxylic acids is 1. The van der Waals surface area contributed by atoms with Crippen LogP contribution in [0.2, 0.25) is 5.02 Å². The molecule has 1 N–H and O–H groups in total. The Morgan fingerprint density at radius 2 is 1.97 bits per heavy atom. The lowest BCUT2D eigenvalue weighted by molar-refractivity contribution is -0.384. The Labute approximate surface area is 199 Å². The summed E-state index contributed by atoms with van der Waals surface area (Å²) in [6.07, 6.45) is 1.31. The summed E-state index contributed by atoms with van der Waals surface area (Å²) < 4.78 is 11.1. The number of ether oxygens (including phenoxy) is 1. The predicted molar refractivity (Wildman–Crippen MR) is 128 cm³/mol. The van der Waals surface area contributed by atoms with E-state index in [0.717, 1.165) is 5.69 Å². The molecule has 4 rings (SSSR count). The summed E-state index contributed by atoms with van der Waals surface area (Å²) in [5, 5.41) is 23.8. The van der Waals surface area contributed by atoms with Gasteiger partial charge in [-0.15, -0.1) is 0 Å². The van der Waals surface area contributed by atoms with Crippen LogP contribution in [0, 0.1) is 21.4 Å². The Hall–Kier alpha value is -4.13. The van der Waals surface area contributed by atoms with Crippen LogP contribution < -0.4 is 10.2 Å². The van der Waals surface area contributed by atoms with Gasteiger partial charge in [0.1, 0.15) is 23.2 Å². The Kier molecular flexibility index (Phi) is 6.92. The number of hydrogen-bond donors (Lipinski definition) is 1. The van der Waals surface area contributed by atoms with E-state index >= 15 is 0 Å². The number of nitro groups is 1. The highest BCUT2D eigenvalue weighted by Crippen LogP contribution is 2.31. The molecule has 2 heterocycles. The number of rotatable bonds is 6. The molecule has 1 fully saturated rings. The van der Waals surface area contributed by atoms with Crippen molar-refractivity contribution in [1.29, 1.82) is 5.26 Å². The number of carbonyl (C=O) groups is 1. The van der Waals surface area contributed by atoms with Crippen molar-refractivity contribution < 1.29 is 18.9 Å². The minimum atomic E-state index is -0.618. The number of amides is 1. The molecular weight excluding hydrogens is 460 g/mol. The smallest absolute Gasteiger partial charge is 0.270 e. The average Bonchev–Trinajstić information content (AvgIpc) is 3.32. The molecule has 1 amide bonds. The fraction of sp³-hybridized carbons (Fsp3) is 0.167. The molecular formula is C24H19ClN4O5. The van der Waals surface area contributed by atoms with Gasteiger partial charge in [0, 0.05) is 41.9 Å². The van der Waals surface area contributed by atoms with Gasteiger partial charge in [0.05, 0.1) is 29.5 Å². The molecule has 1 saturated heterocycles. The number of nitro benzene ring substituents is 1. The first-order valence-corrected chi connectivity index (χ1v) is 10.7. The molecule has 2 aromatic carbocycles. The summed E-state index contributed by atoms with van der Waals surface area (Å²) >= 11 is 6.14. The molecule has 3 aromatic rings. The average molecular weight is 479 g/mol. The lowest BCUT2D eigenvalue weighted by Gasteiger charge is -2.30. The lowest BCUT2D eigenvalue weighted by Crippen LogP contribution is -2.36. The highest BCUT2D eigenvalue weighted by atomic mass is 35.5. The minimum Gasteiger partial charge on any atom is -0.457 e. The fourth-order valence-electron chi connectivity index (χ4n) is 3.53. The Bertz CT molecular complexity index is 1300. The van der Waals surface area contributed by atoms with Gasteiger partial charge in [-0.3, -0.25) is 14.9 Å². The van der Waals surface area contributed by atoms with Gasteiger partial charge >= 0.3 is 0 Å². The second-order valence-electron chi connectivity index (χ2n) is 7.39. The van der Waals surface area contributed by atoms with Crippen LogP contribution in [-0.2, 0) is 9.53 Å². The fourth-order valence-corrected chi connectivity index (χ4v) is 3.70. The van der Waals surface area contributed by atoms with Crippen LogP contribution in [0.15, 0.2) is 64.6 Å². The molecule has 0 unspecified atom stereocenters. The van der Waals surface area contributed by atoms with Gasteiger partial charge in [0.15, 0.2) is 0 Å². The number of morpholine rings is 1. The number of hydrogen-bond acceptors (Lipinski definition) is 7. The highest BCUT2D eigenvalue weighted by molar-refractivity contribution is 6.31. The summed E-state index contributed by atoms with van der Waals surface area (Å²) in [7, 11) is 0. The molecule has 1 aromatic heterocycles. The van der Waals surface area contributed by atoms with Crippen LogP contribution >= 0.6 is 11.6 Å². The standard InChI is InChI=1S/C24H19ClN4O5/c25-18-4-6-22(28-8-10-33-11-9-28)21(14-18)27-24(30)17(15-26)13-20-5-7-23(34-20)16-2-1-3-19(12-16)29(31)32/h1-7,12-14H,8-11H2,(H,27,30)/b17-13+. The molecule has 0 atom stereocenters. The molecule has 34 heavy (non-hydrogen) atoms. The normalized spacial score (nSPS) is 13.9. The van der Waals surface area contributed by atoms with Gasteiger partial charge < -0.3 is 19.4 Å². The molecule has 0 spiro atoms. The van der Waals surface area contributed by atoms with Crippen molar-refractivity contribution in [2.24, 2.45) is 0 Å². The van der Waals surface area contributed by atoms with E-state index in [0.29, 0.717) is 48.3 Å². The monoisotopic (exact) mass is 478 g/mol. The quantitative estimate of drug-likeness (QED) is 0.231. The third kappa shape index (κ3) is 5.26. The topological polar surface area (TPSA) is 122 Å². The summed E-state index contributed by atoms with van der Waals surface area (Å²) in [6.45, 7) is 2.48. The van der Waals surface area contributed by atoms with E-state index in [4.69, 9.17) is 20.8 Å². The number of furan rings is 1. The molecule has 0 saturated carbocycles. The van der Waals surface area contributed by atoms with Crippen molar-refractivity contribution in [2.45, 2.75) is 0 Å². The van der Waals surface area contributed by atoms with E-state index in [1.54, 1.807) is 36.4 Å². The van der Waals surface area contributed by atoms with Crippen molar-refractivity contribution in [3.8, 4) is 17.4 Å². The van der Waals surface area contributed by atoms with Gasteiger partial charge in [-0.25, -0.2) is 0 Å². The van der Waals surface area contributed by atoms with Crippen LogP contribution in [0.1, 0.15) is 5.76 Å². The molecule has 1 aliphatic rings. The number of non-ortho nitro benzene ring substituents is 1. The molecule has 1 aliphatic heterocycles. The molecule has 172 valence electrons. The maximum atomic E-state index is 12.9. The Morgan fingerprint density at radius 1 is 1.18 bits per heavy atom. The maximum absolute atomic E-state index is 12.9. The van der Waals surface area contributed by atoms with Gasteiger partial charge in [-0.05, 0) is 30.3 Å². The molecule has 9 nitrogen and oxygen atoms in total. The number of anilines is 2. The van der Waals surface area contributed by atoms with Crippen molar-refractivity contribution in [1.82, 2.24) is 0 Å². The van der Waals surface area contributed by atoms with E-state index in [1.807, 2.05) is 12.1 Å². The zero-order valence-electron chi connectivity index (χ0n) is 17.9. The summed E-state index contributed by atoms with van der Waals surface area (Å²) in [5.41, 5.74) is 1.53. The molecule has 0 bridgehead atoms. The van der Waals surface area contributed by atoms with E-state index in [9.17, 15) is 20.2 Å². The third-order valence-electron chi connectivity index (χ3n) is 5.18. The second kappa shape index (κ2) is 10.2. The van der Waals surface area contributed by atoms with Crippen molar-refractivity contribution in [3.05, 3.63) is 81.1 Å². The van der Waals surface area contributed by atoms with Crippen LogP contribution in [-0.4, -0.2) is 37.1 Å². The number of benzene rings is 2. The maximum Gasteiger partial charge on any atom is 0.270 e. The van der Waals surface area contributed by atoms with Crippen LogP contribution in [0.3, 0.4) is 0 Å². The second-order valence-corrected chi connectivity index (χ2v) is 7.83. The number of halogens is 1. The van der Waals surface area contributed by atoms with Gasteiger partial charge in [0.25, 0.3) is 11.6 Å². The first kappa shape index (κ1) is 23.0. The first-order chi connectivity index (χ1) is 16.4. The Morgan fingerprint density at radius 3 is 2.71 bits per heavy atom. The number of nitriles is 1. The highest BCUT2D eigenvalue weighted by Gasteiger charge is 2.19. The summed E-state index contributed by atoms with van der Waals surface area (Å²) in [5.74, 6) is 0.0115. The molecule has 0 radical (unpaired) electrons. The van der Waals surface area contributed by atoms with E-state index in [2.05, 4.69) is 10.2 Å². The van der Waals surface area contributed by atoms with Gasteiger partial charge in [0.2, 0.25) is 0 Å². The van der Waals surface area contributed by atoms with Gasteiger partial charge in [-0.2, -0.15) is 5.26 Å². The minimum absolute atomic E-state index is 0.0688. The van der Waals surface area contributed by atoms with Crippen molar-refractivity contribution in [3.63, 3.8) is 0 Å². The third-order valence-corrected chi connectivity index (χ3v) is 5.41. The lowest BCUT2D eigenvalue weighted by atomic mass is 10.1.